The lowest BCUT2D eigenvalue weighted by molar-refractivity contribution is 0.192. The van der Waals surface area contributed by atoms with Crippen LogP contribution in [0.3, 0.4) is 0 Å². The Kier molecular flexibility index (Phi) is 3.67. The largest absolute Gasteiger partial charge is 0.396 e. The minimum atomic E-state index is 0.374. The maximum atomic E-state index is 9.30. The summed E-state index contributed by atoms with van der Waals surface area (Å²) in [6, 6.07) is 8.78. The van der Waals surface area contributed by atoms with Crippen molar-refractivity contribution in [2.75, 3.05) is 19.7 Å². The summed E-state index contributed by atoms with van der Waals surface area (Å²) in [6.45, 7) is 2.56. The second-order valence-electron chi connectivity index (χ2n) is 5.89. The Balaban J connectivity index is 1.44. The van der Waals surface area contributed by atoms with Gasteiger partial charge in [-0.25, -0.2) is 0 Å². The normalized spacial score (nSPS) is 29.9. The van der Waals surface area contributed by atoms with E-state index in [0.29, 0.717) is 18.4 Å². The molecule has 0 amide bonds. The molecule has 0 heterocycles. The third-order valence-corrected chi connectivity index (χ3v) is 4.81. The molecule has 1 aromatic rings. The van der Waals surface area contributed by atoms with Crippen molar-refractivity contribution in [3.63, 3.8) is 0 Å². The highest BCUT2D eigenvalue weighted by Crippen LogP contribution is 2.34. The molecule has 2 N–H and O–H groups in total. The number of rotatable bonds is 5. The van der Waals surface area contributed by atoms with Gasteiger partial charge in [0.2, 0.25) is 0 Å². The van der Waals surface area contributed by atoms with E-state index in [9.17, 15) is 5.11 Å². The quantitative estimate of drug-likeness (QED) is 0.834. The van der Waals surface area contributed by atoms with E-state index in [1.165, 1.54) is 36.8 Å². The van der Waals surface area contributed by atoms with Crippen molar-refractivity contribution in [2.24, 2.45) is 11.8 Å². The molecule has 2 aliphatic rings. The van der Waals surface area contributed by atoms with Crippen molar-refractivity contribution in [3.05, 3.63) is 35.4 Å². The van der Waals surface area contributed by atoms with Gasteiger partial charge in [-0.1, -0.05) is 30.7 Å². The zero-order valence-corrected chi connectivity index (χ0v) is 10.9. The highest BCUT2D eigenvalue weighted by Gasteiger charge is 2.28. The molecular weight excluding hydrogens is 222 g/mol. The molecule has 2 aliphatic carbocycles. The van der Waals surface area contributed by atoms with Crippen molar-refractivity contribution in [1.82, 2.24) is 5.32 Å². The predicted molar refractivity (Wildman–Crippen MR) is 73.7 cm³/mol. The lowest BCUT2D eigenvalue weighted by atomic mass is 9.77. The van der Waals surface area contributed by atoms with Crippen LogP contribution >= 0.6 is 0 Å². The molecule has 3 unspecified atom stereocenters. The van der Waals surface area contributed by atoms with Crippen LogP contribution in [0.2, 0.25) is 0 Å². The first kappa shape index (κ1) is 12.2. The number of aliphatic hydroxyl groups excluding tert-OH is 1. The van der Waals surface area contributed by atoms with E-state index in [1.807, 2.05) is 0 Å². The highest BCUT2D eigenvalue weighted by molar-refractivity contribution is 5.40. The fourth-order valence-corrected chi connectivity index (χ4v) is 3.61. The maximum absolute atomic E-state index is 9.30. The molecule has 1 saturated carbocycles. The first-order chi connectivity index (χ1) is 8.88. The van der Waals surface area contributed by atoms with Crippen LogP contribution < -0.4 is 5.32 Å². The molecule has 0 aliphatic heterocycles. The van der Waals surface area contributed by atoms with E-state index in [4.69, 9.17) is 0 Å². The van der Waals surface area contributed by atoms with E-state index in [1.54, 1.807) is 0 Å². The Labute approximate surface area is 109 Å². The Morgan fingerprint density at radius 1 is 1.11 bits per heavy atom. The smallest absolute Gasteiger partial charge is 0.0462 e. The van der Waals surface area contributed by atoms with E-state index in [-0.39, 0.29) is 0 Å². The van der Waals surface area contributed by atoms with Crippen molar-refractivity contribution < 1.29 is 5.11 Å². The third-order valence-electron chi connectivity index (χ3n) is 4.81. The summed E-state index contributed by atoms with van der Waals surface area (Å²) < 4.78 is 0. The average Bonchev–Trinajstić information content (AvgIpc) is 2.82. The van der Waals surface area contributed by atoms with Gasteiger partial charge in [0.05, 0.1) is 0 Å². The molecule has 98 valence electrons. The van der Waals surface area contributed by atoms with E-state index < -0.39 is 0 Å². The monoisotopic (exact) mass is 245 g/mol. The first-order valence-electron chi connectivity index (χ1n) is 7.28. The summed E-state index contributed by atoms with van der Waals surface area (Å²) in [4.78, 5) is 0. The zero-order valence-electron chi connectivity index (χ0n) is 10.9. The second kappa shape index (κ2) is 5.41. The van der Waals surface area contributed by atoms with Gasteiger partial charge in [-0.15, -0.1) is 0 Å². The first-order valence-corrected chi connectivity index (χ1v) is 7.28. The predicted octanol–water partition coefficient (Wildman–Crippen LogP) is 2.32. The van der Waals surface area contributed by atoms with Gasteiger partial charge in [0, 0.05) is 19.1 Å². The third kappa shape index (κ3) is 2.32. The van der Waals surface area contributed by atoms with Crippen LogP contribution in [0.5, 0.6) is 0 Å². The molecule has 1 aromatic carbocycles. The Bertz CT molecular complexity index is 404. The van der Waals surface area contributed by atoms with Gasteiger partial charge in [0.15, 0.2) is 0 Å². The van der Waals surface area contributed by atoms with Gasteiger partial charge >= 0.3 is 0 Å². The van der Waals surface area contributed by atoms with Gasteiger partial charge in [-0.05, 0) is 48.8 Å². The summed E-state index contributed by atoms with van der Waals surface area (Å²) >= 11 is 0. The molecule has 3 rings (SSSR count). The maximum Gasteiger partial charge on any atom is 0.0462 e. The molecule has 0 spiro atoms. The molecular formula is C16H23NO. The number of hydrogen-bond donors (Lipinski definition) is 2. The molecule has 3 atom stereocenters. The van der Waals surface area contributed by atoms with Crippen LogP contribution in [0.1, 0.15) is 36.3 Å². The van der Waals surface area contributed by atoms with E-state index >= 15 is 0 Å². The second-order valence-corrected chi connectivity index (χ2v) is 5.89. The molecule has 18 heavy (non-hydrogen) atoms. The Morgan fingerprint density at radius 3 is 2.78 bits per heavy atom. The lowest BCUT2D eigenvalue weighted by Crippen LogP contribution is -2.33. The number of hydrogen-bond acceptors (Lipinski definition) is 2. The number of nitrogens with one attached hydrogen (secondary N) is 1. The van der Waals surface area contributed by atoms with E-state index in [0.717, 1.165) is 19.0 Å². The molecule has 0 saturated heterocycles. The van der Waals surface area contributed by atoms with Gasteiger partial charge in [0.1, 0.15) is 0 Å². The van der Waals surface area contributed by atoms with Crippen molar-refractivity contribution in [2.45, 2.75) is 31.6 Å². The fourth-order valence-electron chi connectivity index (χ4n) is 3.61. The summed E-state index contributed by atoms with van der Waals surface area (Å²) in [5, 5.41) is 12.9. The summed E-state index contributed by atoms with van der Waals surface area (Å²) in [5.74, 6) is 1.96. The number of benzene rings is 1. The van der Waals surface area contributed by atoms with Crippen LogP contribution in [0.15, 0.2) is 24.3 Å². The minimum absolute atomic E-state index is 0.374. The van der Waals surface area contributed by atoms with Crippen molar-refractivity contribution in [3.8, 4) is 0 Å². The molecule has 0 aromatic heterocycles. The number of aliphatic hydroxyl groups is 1. The fraction of sp³-hybridized carbons (Fsp3) is 0.625. The lowest BCUT2D eigenvalue weighted by Gasteiger charge is -2.31. The molecule has 2 nitrogen and oxygen atoms in total. The van der Waals surface area contributed by atoms with Crippen molar-refractivity contribution >= 4 is 0 Å². The van der Waals surface area contributed by atoms with Crippen LogP contribution in [0.4, 0.5) is 0 Å². The number of fused-ring (bicyclic) bond motifs is 1. The van der Waals surface area contributed by atoms with Crippen LogP contribution in [-0.4, -0.2) is 24.8 Å². The Hall–Kier alpha value is -0.860. The average molecular weight is 245 g/mol. The zero-order chi connectivity index (χ0) is 12.4. The van der Waals surface area contributed by atoms with Crippen LogP contribution in [-0.2, 0) is 6.42 Å². The van der Waals surface area contributed by atoms with Gasteiger partial charge in [-0.2, -0.15) is 0 Å². The molecule has 2 heteroatoms. The summed E-state index contributed by atoms with van der Waals surface area (Å²) in [6.07, 6.45) is 5.04. The molecule has 1 fully saturated rings. The minimum Gasteiger partial charge on any atom is -0.396 e. The van der Waals surface area contributed by atoms with Crippen LogP contribution in [0, 0.1) is 11.8 Å². The van der Waals surface area contributed by atoms with Gasteiger partial charge in [-0.3, -0.25) is 0 Å². The topological polar surface area (TPSA) is 32.3 Å². The highest BCUT2D eigenvalue weighted by atomic mass is 16.3. The van der Waals surface area contributed by atoms with Crippen LogP contribution in [0.25, 0.3) is 0 Å². The standard InChI is InChI=1S/C16H23NO/c18-11-14-6-3-5-13(14)9-17-10-15-8-12-4-1-2-7-16(12)15/h1-2,4,7,13-15,17-18H,3,5-6,8-11H2. The summed E-state index contributed by atoms with van der Waals surface area (Å²) in [5.41, 5.74) is 3.06. The van der Waals surface area contributed by atoms with Gasteiger partial charge in [0.25, 0.3) is 0 Å². The Morgan fingerprint density at radius 2 is 1.94 bits per heavy atom. The SMILES string of the molecule is OCC1CCCC1CNCC1Cc2ccccc21. The molecule has 0 bridgehead atoms. The van der Waals surface area contributed by atoms with E-state index in [2.05, 4.69) is 29.6 Å². The van der Waals surface area contributed by atoms with Gasteiger partial charge < -0.3 is 10.4 Å². The van der Waals surface area contributed by atoms with Crippen molar-refractivity contribution in [1.29, 1.82) is 0 Å². The molecule has 0 radical (unpaired) electrons. The summed E-state index contributed by atoms with van der Waals surface area (Å²) in [7, 11) is 0.